The maximum atomic E-state index is 12.2. The Balaban J connectivity index is 2.38. The largest absolute Gasteiger partial charge is 0.411 e. The molecule has 2 N–H and O–H groups in total. The Labute approximate surface area is 112 Å². The molecule has 1 aromatic carbocycles. The van der Waals surface area contributed by atoms with E-state index in [0.29, 0.717) is 18.7 Å². The van der Waals surface area contributed by atoms with Crippen molar-refractivity contribution >= 4 is 17.4 Å². The van der Waals surface area contributed by atoms with Gasteiger partial charge in [-0.2, -0.15) is 0 Å². The number of amides is 2. The molecule has 1 aliphatic heterocycles. The number of oxime groups is 1. The molecular formula is C14H19N3O2. The zero-order chi connectivity index (χ0) is 13.8. The highest BCUT2D eigenvalue weighted by molar-refractivity contribution is 6.08. The van der Waals surface area contributed by atoms with Crippen molar-refractivity contribution in [3.05, 3.63) is 29.8 Å². The fourth-order valence-electron chi connectivity index (χ4n) is 2.25. The van der Waals surface area contributed by atoms with Crippen molar-refractivity contribution in [3.63, 3.8) is 0 Å². The molecule has 1 aliphatic rings. The predicted molar refractivity (Wildman–Crippen MR) is 75.0 cm³/mol. The van der Waals surface area contributed by atoms with Crippen LogP contribution in [0.15, 0.2) is 29.4 Å². The Morgan fingerprint density at radius 1 is 1.42 bits per heavy atom. The van der Waals surface area contributed by atoms with Gasteiger partial charge in [-0.15, -0.1) is 0 Å². The third-order valence-corrected chi connectivity index (χ3v) is 3.08. The van der Waals surface area contributed by atoms with E-state index >= 15 is 0 Å². The van der Waals surface area contributed by atoms with E-state index in [1.54, 1.807) is 4.90 Å². The van der Waals surface area contributed by atoms with E-state index in [0.717, 1.165) is 17.7 Å². The Bertz CT molecular complexity index is 497. The standard InChI is InChI=1S/C14H19N3O2/c1-10(2)15-14(18)17-9-5-7-12(16-19)11-6-3-4-8-13(11)17/h3-4,6,8,10,19H,5,7,9H2,1-2H3,(H,15,18)/b16-12-. The SMILES string of the molecule is CC(C)NC(=O)N1CCC/C(=N/O)c2ccccc21. The molecule has 0 spiro atoms. The number of para-hydroxylation sites is 1. The number of anilines is 1. The van der Waals surface area contributed by atoms with Gasteiger partial charge in [-0.05, 0) is 32.8 Å². The van der Waals surface area contributed by atoms with E-state index in [-0.39, 0.29) is 12.1 Å². The van der Waals surface area contributed by atoms with Crippen molar-refractivity contribution in [1.29, 1.82) is 0 Å². The number of nitrogens with zero attached hydrogens (tertiary/aromatic N) is 2. The number of carbonyl (C=O) groups is 1. The van der Waals surface area contributed by atoms with E-state index in [1.165, 1.54) is 0 Å². The second kappa shape index (κ2) is 5.73. The van der Waals surface area contributed by atoms with Gasteiger partial charge >= 0.3 is 6.03 Å². The highest BCUT2D eigenvalue weighted by Crippen LogP contribution is 2.26. The van der Waals surface area contributed by atoms with Crippen molar-refractivity contribution in [2.24, 2.45) is 5.16 Å². The molecule has 102 valence electrons. The summed E-state index contributed by atoms with van der Waals surface area (Å²) in [4.78, 5) is 13.9. The van der Waals surface area contributed by atoms with E-state index in [1.807, 2.05) is 38.1 Å². The molecule has 19 heavy (non-hydrogen) atoms. The minimum atomic E-state index is -0.110. The van der Waals surface area contributed by atoms with Crippen LogP contribution in [0.3, 0.4) is 0 Å². The molecule has 0 fully saturated rings. The minimum absolute atomic E-state index is 0.0916. The lowest BCUT2D eigenvalue weighted by molar-refractivity contribution is 0.244. The van der Waals surface area contributed by atoms with Crippen LogP contribution in [-0.2, 0) is 0 Å². The number of urea groups is 1. The maximum Gasteiger partial charge on any atom is 0.322 e. The Kier molecular flexibility index (Phi) is 4.04. The van der Waals surface area contributed by atoms with Gasteiger partial charge in [0.1, 0.15) is 0 Å². The van der Waals surface area contributed by atoms with E-state index < -0.39 is 0 Å². The topological polar surface area (TPSA) is 64.9 Å². The van der Waals surface area contributed by atoms with Crippen LogP contribution >= 0.6 is 0 Å². The molecule has 2 rings (SSSR count). The fraction of sp³-hybridized carbons (Fsp3) is 0.429. The first-order valence-electron chi connectivity index (χ1n) is 6.52. The van der Waals surface area contributed by atoms with Crippen LogP contribution in [-0.4, -0.2) is 29.5 Å². The molecule has 1 heterocycles. The molecule has 0 atom stereocenters. The van der Waals surface area contributed by atoms with Gasteiger partial charge in [-0.3, -0.25) is 4.90 Å². The van der Waals surface area contributed by atoms with Crippen LogP contribution in [0.5, 0.6) is 0 Å². The number of fused-ring (bicyclic) bond motifs is 1. The molecule has 0 aliphatic carbocycles. The number of nitrogens with one attached hydrogen (secondary N) is 1. The van der Waals surface area contributed by atoms with Crippen LogP contribution in [0, 0.1) is 0 Å². The Morgan fingerprint density at radius 2 is 2.16 bits per heavy atom. The summed E-state index contributed by atoms with van der Waals surface area (Å²) in [7, 11) is 0. The summed E-state index contributed by atoms with van der Waals surface area (Å²) in [6.45, 7) is 4.49. The van der Waals surface area contributed by atoms with Gasteiger partial charge in [0, 0.05) is 18.2 Å². The Hall–Kier alpha value is -2.04. The first-order valence-corrected chi connectivity index (χ1v) is 6.52. The van der Waals surface area contributed by atoms with E-state index in [2.05, 4.69) is 10.5 Å². The second-order valence-electron chi connectivity index (χ2n) is 4.92. The first-order chi connectivity index (χ1) is 9.13. The van der Waals surface area contributed by atoms with Gasteiger partial charge < -0.3 is 10.5 Å². The van der Waals surface area contributed by atoms with Gasteiger partial charge in [-0.1, -0.05) is 23.4 Å². The van der Waals surface area contributed by atoms with Gasteiger partial charge in [-0.25, -0.2) is 4.79 Å². The molecule has 5 heteroatoms. The fourth-order valence-corrected chi connectivity index (χ4v) is 2.25. The molecule has 0 saturated carbocycles. The monoisotopic (exact) mass is 261 g/mol. The predicted octanol–water partition coefficient (Wildman–Crippen LogP) is 2.58. The number of rotatable bonds is 1. The van der Waals surface area contributed by atoms with Gasteiger partial charge in [0.05, 0.1) is 11.4 Å². The smallest absolute Gasteiger partial charge is 0.322 e. The van der Waals surface area contributed by atoms with Crippen molar-refractivity contribution in [2.75, 3.05) is 11.4 Å². The summed E-state index contributed by atoms with van der Waals surface area (Å²) in [5, 5.41) is 15.4. The third-order valence-electron chi connectivity index (χ3n) is 3.08. The third kappa shape index (κ3) is 2.86. The number of carbonyl (C=O) groups excluding carboxylic acids is 1. The quantitative estimate of drug-likeness (QED) is 0.603. The van der Waals surface area contributed by atoms with Crippen molar-refractivity contribution < 1.29 is 10.0 Å². The molecule has 0 unspecified atom stereocenters. The van der Waals surface area contributed by atoms with Crippen LogP contribution in [0.25, 0.3) is 0 Å². The van der Waals surface area contributed by atoms with Crippen molar-refractivity contribution in [3.8, 4) is 0 Å². The summed E-state index contributed by atoms with van der Waals surface area (Å²) < 4.78 is 0. The molecule has 0 aromatic heterocycles. The molecule has 0 bridgehead atoms. The summed E-state index contributed by atoms with van der Waals surface area (Å²) in [5.74, 6) is 0. The molecule has 2 amide bonds. The van der Waals surface area contributed by atoms with Crippen LogP contribution in [0.1, 0.15) is 32.3 Å². The van der Waals surface area contributed by atoms with E-state index in [9.17, 15) is 4.79 Å². The first kappa shape index (κ1) is 13.4. The number of benzene rings is 1. The zero-order valence-corrected chi connectivity index (χ0v) is 11.3. The highest BCUT2D eigenvalue weighted by Gasteiger charge is 2.24. The molecule has 5 nitrogen and oxygen atoms in total. The van der Waals surface area contributed by atoms with Gasteiger partial charge in [0.2, 0.25) is 0 Å². The van der Waals surface area contributed by atoms with Gasteiger partial charge in [0.25, 0.3) is 0 Å². The van der Waals surface area contributed by atoms with Gasteiger partial charge in [0.15, 0.2) is 0 Å². The number of hydrogen-bond acceptors (Lipinski definition) is 3. The minimum Gasteiger partial charge on any atom is -0.411 e. The molecule has 0 radical (unpaired) electrons. The summed E-state index contributed by atoms with van der Waals surface area (Å²) in [6.07, 6.45) is 1.44. The van der Waals surface area contributed by atoms with Crippen LogP contribution in [0.4, 0.5) is 10.5 Å². The molecule has 1 aromatic rings. The molecular weight excluding hydrogens is 242 g/mol. The molecule has 0 saturated heterocycles. The highest BCUT2D eigenvalue weighted by atomic mass is 16.4. The van der Waals surface area contributed by atoms with Crippen molar-refractivity contribution in [2.45, 2.75) is 32.7 Å². The lowest BCUT2D eigenvalue weighted by Crippen LogP contribution is -2.43. The Morgan fingerprint density at radius 3 is 2.84 bits per heavy atom. The van der Waals surface area contributed by atoms with E-state index in [4.69, 9.17) is 5.21 Å². The summed E-state index contributed by atoms with van der Waals surface area (Å²) in [6, 6.07) is 7.51. The van der Waals surface area contributed by atoms with Crippen LogP contribution < -0.4 is 10.2 Å². The lowest BCUT2D eigenvalue weighted by Gasteiger charge is -2.24. The normalized spacial score (nSPS) is 17.2. The van der Waals surface area contributed by atoms with Crippen LogP contribution in [0.2, 0.25) is 0 Å². The average molecular weight is 261 g/mol. The lowest BCUT2D eigenvalue weighted by atomic mass is 10.1. The zero-order valence-electron chi connectivity index (χ0n) is 11.3. The summed E-state index contributed by atoms with van der Waals surface area (Å²) >= 11 is 0. The summed E-state index contributed by atoms with van der Waals surface area (Å²) in [5.41, 5.74) is 2.25. The average Bonchev–Trinajstić information content (AvgIpc) is 2.57. The second-order valence-corrected chi connectivity index (χ2v) is 4.92. The maximum absolute atomic E-state index is 12.2. The number of hydrogen-bond donors (Lipinski definition) is 2. The van der Waals surface area contributed by atoms with Crippen molar-refractivity contribution in [1.82, 2.24) is 5.32 Å².